The van der Waals surface area contributed by atoms with Crippen molar-refractivity contribution in [3.05, 3.63) is 57.7 Å². The van der Waals surface area contributed by atoms with Crippen molar-refractivity contribution in [2.75, 3.05) is 31.1 Å². The van der Waals surface area contributed by atoms with Crippen molar-refractivity contribution in [1.29, 1.82) is 0 Å². The Balaban J connectivity index is 1.47. The topological polar surface area (TPSA) is 53.5 Å². The van der Waals surface area contributed by atoms with Crippen LogP contribution in [0.15, 0.2) is 47.1 Å². The lowest BCUT2D eigenvalue weighted by molar-refractivity contribution is -0.131. The van der Waals surface area contributed by atoms with Gasteiger partial charge in [0.1, 0.15) is 5.82 Å². The summed E-state index contributed by atoms with van der Waals surface area (Å²) in [5.41, 5.74) is 0.639. The minimum absolute atomic E-state index is 0.00477. The van der Waals surface area contributed by atoms with Gasteiger partial charge in [0, 0.05) is 55.3 Å². The van der Waals surface area contributed by atoms with E-state index in [4.69, 9.17) is 11.6 Å². The van der Waals surface area contributed by atoms with Crippen LogP contribution in [-0.4, -0.2) is 47.8 Å². The first kappa shape index (κ1) is 18.9. The Hall–Kier alpha value is -1.92. The molecular formula is C19H19BrClN3O2. The Labute approximate surface area is 166 Å². The first-order chi connectivity index (χ1) is 12.5. The minimum atomic E-state index is -0.00477. The van der Waals surface area contributed by atoms with Gasteiger partial charge in [-0.05, 0) is 24.3 Å². The monoisotopic (exact) mass is 435 g/mol. The molecule has 3 rings (SSSR count). The molecular weight excluding hydrogens is 418 g/mol. The molecule has 2 heterocycles. The number of rotatable bonds is 5. The van der Waals surface area contributed by atoms with Crippen molar-refractivity contribution < 1.29 is 9.59 Å². The highest BCUT2D eigenvalue weighted by Crippen LogP contribution is 2.17. The summed E-state index contributed by atoms with van der Waals surface area (Å²) in [6.07, 6.45) is 2.11. The number of carbonyl (C=O) groups excluding carboxylic acids is 2. The maximum Gasteiger partial charge on any atom is 0.223 e. The fourth-order valence-electron chi connectivity index (χ4n) is 2.90. The first-order valence-electron chi connectivity index (χ1n) is 8.46. The van der Waals surface area contributed by atoms with Gasteiger partial charge >= 0.3 is 0 Å². The predicted molar refractivity (Wildman–Crippen MR) is 106 cm³/mol. The summed E-state index contributed by atoms with van der Waals surface area (Å²) >= 11 is 9.21. The standard InChI is InChI=1S/C19H19BrClN3O2/c20-15-3-1-14(2-4-15)17(25)6-8-19(26)24-11-9-23(10-12-24)18-7-5-16(21)13-22-18/h1-5,7,13H,6,8-12H2. The van der Waals surface area contributed by atoms with Crippen molar-refractivity contribution in [2.24, 2.45) is 0 Å². The molecule has 2 aromatic rings. The SMILES string of the molecule is O=C(CCC(=O)N1CCN(c2ccc(Cl)cn2)CC1)c1ccc(Br)cc1. The molecule has 26 heavy (non-hydrogen) atoms. The Morgan fingerprint density at radius 3 is 2.31 bits per heavy atom. The molecule has 0 bridgehead atoms. The zero-order valence-electron chi connectivity index (χ0n) is 14.2. The maximum atomic E-state index is 12.4. The lowest BCUT2D eigenvalue weighted by atomic mass is 10.1. The molecule has 1 saturated heterocycles. The van der Waals surface area contributed by atoms with Gasteiger partial charge in [0.05, 0.1) is 5.02 Å². The number of benzene rings is 1. The maximum absolute atomic E-state index is 12.4. The minimum Gasteiger partial charge on any atom is -0.353 e. The third-order valence-corrected chi connectivity index (χ3v) is 5.15. The molecule has 136 valence electrons. The van der Waals surface area contributed by atoms with E-state index < -0.39 is 0 Å². The van der Waals surface area contributed by atoms with E-state index >= 15 is 0 Å². The van der Waals surface area contributed by atoms with E-state index in [1.54, 1.807) is 18.3 Å². The average molecular weight is 437 g/mol. The number of pyridine rings is 1. The summed E-state index contributed by atoms with van der Waals surface area (Å²) < 4.78 is 0.929. The molecule has 0 radical (unpaired) electrons. The number of aromatic nitrogens is 1. The number of amides is 1. The second kappa shape index (κ2) is 8.64. The van der Waals surface area contributed by atoms with Crippen molar-refractivity contribution in [3.63, 3.8) is 0 Å². The predicted octanol–water partition coefficient (Wildman–Crippen LogP) is 3.81. The second-order valence-electron chi connectivity index (χ2n) is 6.13. The summed E-state index contributed by atoms with van der Waals surface area (Å²) in [6, 6.07) is 10.9. The van der Waals surface area contributed by atoms with Gasteiger partial charge in [0.2, 0.25) is 5.91 Å². The lowest BCUT2D eigenvalue weighted by Gasteiger charge is -2.35. The van der Waals surface area contributed by atoms with Crippen LogP contribution in [-0.2, 0) is 4.79 Å². The van der Waals surface area contributed by atoms with Gasteiger partial charge in [-0.2, -0.15) is 0 Å². The second-order valence-corrected chi connectivity index (χ2v) is 7.48. The normalized spacial score (nSPS) is 14.4. The molecule has 1 fully saturated rings. The average Bonchev–Trinajstić information content (AvgIpc) is 2.67. The third-order valence-electron chi connectivity index (χ3n) is 4.40. The quantitative estimate of drug-likeness (QED) is 0.669. The largest absolute Gasteiger partial charge is 0.353 e. The summed E-state index contributed by atoms with van der Waals surface area (Å²) in [6.45, 7) is 2.72. The van der Waals surface area contributed by atoms with E-state index in [2.05, 4.69) is 25.8 Å². The smallest absolute Gasteiger partial charge is 0.223 e. The van der Waals surface area contributed by atoms with Crippen LogP contribution in [0.3, 0.4) is 0 Å². The molecule has 0 unspecified atom stereocenters. The highest BCUT2D eigenvalue weighted by atomic mass is 79.9. The van der Waals surface area contributed by atoms with Gasteiger partial charge in [0.25, 0.3) is 0 Å². The molecule has 0 N–H and O–H groups in total. The fraction of sp³-hybridized carbons (Fsp3) is 0.316. The lowest BCUT2D eigenvalue weighted by Crippen LogP contribution is -2.49. The zero-order valence-corrected chi connectivity index (χ0v) is 16.5. The van der Waals surface area contributed by atoms with Gasteiger partial charge in [0.15, 0.2) is 5.78 Å². The molecule has 0 aliphatic carbocycles. The van der Waals surface area contributed by atoms with Crippen LogP contribution in [0.4, 0.5) is 5.82 Å². The third kappa shape index (κ3) is 4.83. The number of Topliss-reactive ketones (excluding diaryl/α,β-unsaturated/α-hetero) is 1. The molecule has 1 aliphatic rings. The van der Waals surface area contributed by atoms with E-state index in [0.29, 0.717) is 23.7 Å². The molecule has 1 aliphatic heterocycles. The summed E-state index contributed by atoms with van der Waals surface area (Å²) in [5.74, 6) is 0.890. The highest BCUT2D eigenvalue weighted by molar-refractivity contribution is 9.10. The van der Waals surface area contributed by atoms with Crippen LogP contribution in [0, 0.1) is 0 Å². The van der Waals surface area contributed by atoms with Crippen molar-refractivity contribution in [2.45, 2.75) is 12.8 Å². The Morgan fingerprint density at radius 2 is 1.69 bits per heavy atom. The van der Waals surface area contributed by atoms with Gasteiger partial charge in [-0.15, -0.1) is 0 Å². The number of anilines is 1. The highest BCUT2D eigenvalue weighted by Gasteiger charge is 2.22. The zero-order chi connectivity index (χ0) is 18.5. The number of ketones is 1. The number of carbonyl (C=O) groups is 2. The van der Waals surface area contributed by atoms with E-state index in [1.807, 2.05) is 29.2 Å². The first-order valence-corrected chi connectivity index (χ1v) is 9.63. The number of piperazine rings is 1. The van der Waals surface area contributed by atoms with Crippen LogP contribution in [0.2, 0.25) is 5.02 Å². The van der Waals surface area contributed by atoms with E-state index in [1.165, 1.54) is 0 Å². The summed E-state index contributed by atoms with van der Waals surface area (Å²) in [4.78, 5) is 32.9. The Morgan fingerprint density at radius 1 is 1.00 bits per heavy atom. The van der Waals surface area contributed by atoms with Crippen molar-refractivity contribution in [3.8, 4) is 0 Å². The Bertz CT molecular complexity index is 772. The van der Waals surface area contributed by atoms with Gasteiger partial charge in [-0.3, -0.25) is 9.59 Å². The van der Waals surface area contributed by atoms with Crippen molar-refractivity contribution >= 4 is 45.0 Å². The van der Waals surface area contributed by atoms with Crippen LogP contribution in [0.1, 0.15) is 23.2 Å². The number of halogens is 2. The molecule has 0 spiro atoms. The number of hydrogen-bond acceptors (Lipinski definition) is 4. The molecule has 0 saturated carbocycles. The summed E-state index contributed by atoms with van der Waals surface area (Å²) in [5, 5.41) is 0.609. The molecule has 1 amide bonds. The molecule has 0 atom stereocenters. The number of hydrogen-bond donors (Lipinski definition) is 0. The van der Waals surface area contributed by atoms with E-state index in [9.17, 15) is 9.59 Å². The molecule has 7 heteroatoms. The van der Waals surface area contributed by atoms with Crippen molar-refractivity contribution in [1.82, 2.24) is 9.88 Å². The van der Waals surface area contributed by atoms with Gasteiger partial charge < -0.3 is 9.80 Å². The van der Waals surface area contributed by atoms with Crippen LogP contribution >= 0.6 is 27.5 Å². The fourth-order valence-corrected chi connectivity index (χ4v) is 3.27. The Kier molecular flexibility index (Phi) is 6.27. The summed E-state index contributed by atoms with van der Waals surface area (Å²) in [7, 11) is 0. The van der Waals surface area contributed by atoms with Crippen LogP contribution in [0.25, 0.3) is 0 Å². The van der Waals surface area contributed by atoms with Crippen LogP contribution < -0.4 is 4.90 Å². The van der Waals surface area contributed by atoms with Gasteiger partial charge in [-0.1, -0.05) is 39.7 Å². The van der Waals surface area contributed by atoms with E-state index in [-0.39, 0.29) is 24.5 Å². The molecule has 1 aromatic carbocycles. The molecule has 5 nitrogen and oxygen atoms in total. The molecule has 1 aromatic heterocycles. The van der Waals surface area contributed by atoms with Crippen LogP contribution in [0.5, 0.6) is 0 Å². The number of nitrogens with zero attached hydrogens (tertiary/aromatic N) is 3. The van der Waals surface area contributed by atoms with E-state index in [0.717, 1.165) is 23.4 Å². The van der Waals surface area contributed by atoms with Gasteiger partial charge in [-0.25, -0.2) is 4.98 Å².